The lowest BCUT2D eigenvalue weighted by atomic mass is 10.1. The molecule has 1 heterocycles. The second kappa shape index (κ2) is 17.3. The number of piperidine rings is 1. The molecular formula is C29H35BrF3N5O7. The van der Waals surface area contributed by atoms with Crippen molar-refractivity contribution in [2.75, 3.05) is 31.6 Å². The van der Waals surface area contributed by atoms with E-state index in [0.29, 0.717) is 30.2 Å². The zero-order chi connectivity index (χ0) is 33.7. The number of anilines is 1. The van der Waals surface area contributed by atoms with Crippen LogP contribution < -0.4 is 21.1 Å². The van der Waals surface area contributed by atoms with Crippen LogP contribution in [0.25, 0.3) is 0 Å². The Bertz CT molecular complexity index is 1350. The summed E-state index contributed by atoms with van der Waals surface area (Å²) in [6.07, 6.45) is -3.74. The third kappa shape index (κ3) is 13.1. The van der Waals surface area contributed by atoms with Crippen molar-refractivity contribution in [3.8, 4) is 5.75 Å². The third-order valence-corrected chi connectivity index (χ3v) is 6.98. The van der Waals surface area contributed by atoms with E-state index in [1.54, 1.807) is 31.2 Å². The standard InChI is InChI=1S/C27H34BrN5O5.C2HF3O2/c1-3-37-26(36)16-33-12-10-21(11-13-33)38-23-9-6-19(14-22(23)28)17(2)31-24(34)15-25(35)32-20-7-4-18(5-8-20)27(29)30;3-2(4,5)1(6)7/h4-9,14,17,21H,3,10-13,15-16H2,1-2H3,(H3,29,30)(H,31,34)(H,32,35);(H,6,7). The second-order valence-electron chi connectivity index (χ2n) is 9.90. The van der Waals surface area contributed by atoms with Crippen LogP contribution >= 0.6 is 15.9 Å². The van der Waals surface area contributed by atoms with Crippen molar-refractivity contribution >= 4 is 51.2 Å². The normalized spacial score (nSPS) is 14.3. The summed E-state index contributed by atoms with van der Waals surface area (Å²) in [5.74, 6) is -3.15. The van der Waals surface area contributed by atoms with Gasteiger partial charge < -0.3 is 30.9 Å². The molecule has 0 saturated carbocycles. The predicted octanol–water partition coefficient (Wildman–Crippen LogP) is 3.98. The summed E-state index contributed by atoms with van der Waals surface area (Å²) in [5, 5.41) is 20.0. The van der Waals surface area contributed by atoms with Gasteiger partial charge in [-0.15, -0.1) is 0 Å². The lowest BCUT2D eigenvalue weighted by Crippen LogP contribution is -2.41. The second-order valence-corrected chi connectivity index (χ2v) is 10.8. The number of likely N-dealkylation sites (tertiary alicyclic amines) is 1. The number of amidine groups is 1. The van der Waals surface area contributed by atoms with Crippen LogP contribution in [0.2, 0.25) is 0 Å². The monoisotopic (exact) mass is 701 g/mol. The number of amides is 2. The number of carboxylic acids is 1. The summed E-state index contributed by atoms with van der Waals surface area (Å²) < 4.78 is 43.7. The summed E-state index contributed by atoms with van der Waals surface area (Å²) >= 11 is 3.57. The molecule has 12 nitrogen and oxygen atoms in total. The van der Waals surface area contributed by atoms with E-state index in [-0.39, 0.29) is 30.4 Å². The number of carbonyl (C=O) groups is 4. The number of halogens is 4. The minimum atomic E-state index is -5.08. The molecule has 3 rings (SSSR count). The van der Waals surface area contributed by atoms with E-state index in [0.717, 1.165) is 36.0 Å². The Morgan fingerprint density at radius 1 is 1.11 bits per heavy atom. The SMILES string of the molecule is CCOC(=O)CN1CCC(Oc2ccc(C(C)NC(=O)CC(=O)Nc3ccc(C(=N)N)cc3)cc2Br)CC1.O=C(O)C(F)(F)F. The summed E-state index contributed by atoms with van der Waals surface area (Å²) in [4.78, 5) is 47.3. The molecular weight excluding hydrogens is 667 g/mol. The van der Waals surface area contributed by atoms with Crippen LogP contribution in [0.4, 0.5) is 18.9 Å². The number of hydrogen-bond donors (Lipinski definition) is 5. The molecule has 16 heteroatoms. The fraction of sp³-hybridized carbons (Fsp3) is 0.414. The number of benzene rings is 2. The fourth-order valence-corrected chi connectivity index (χ4v) is 4.59. The van der Waals surface area contributed by atoms with Gasteiger partial charge in [-0.05, 0) is 84.6 Å². The number of ether oxygens (including phenoxy) is 2. The maximum atomic E-state index is 12.4. The summed E-state index contributed by atoms with van der Waals surface area (Å²) in [6, 6.07) is 11.8. The molecule has 0 bridgehead atoms. The summed E-state index contributed by atoms with van der Waals surface area (Å²) in [7, 11) is 0. The van der Waals surface area contributed by atoms with Crippen LogP contribution in [0.1, 0.15) is 50.3 Å². The van der Waals surface area contributed by atoms with E-state index in [9.17, 15) is 27.6 Å². The highest BCUT2D eigenvalue weighted by molar-refractivity contribution is 9.10. The lowest BCUT2D eigenvalue weighted by Gasteiger charge is -2.31. The number of aliphatic carboxylic acids is 1. The Morgan fingerprint density at radius 3 is 2.22 bits per heavy atom. The van der Waals surface area contributed by atoms with Crippen LogP contribution in [-0.4, -0.2) is 78.1 Å². The van der Waals surface area contributed by atoms with Gasteiger partial charge in [0.1, 0.15) is 24.1 Å². The van der Waals surface area contributed by atoms with Crippen molar-refractivity contribution < 1.29 is 46.9 Å². The Morgan fingerprint density at radius 2 is 1.71 bits per heavy atom. The molecule has 246 valence electrons. The fourth-order valence-electron chi connectivity index (χ4n) is 4.10. The Hall–Kier alpha value is -4.18. The van der Waals surface area contributed by atoms with Gasteiger partial charge in [-0.25, -0.2) is 4.79 Å². The van der Waals surface area contributed by atoms with E-state index >= 15 is 0 Å². The molecule has 6 N–H and O–H groups in total. The van der Waals surface area contributed by atoms with Crippen molar-refractivity contribution in [1.82, 2.24) is 10.2 Å². The average Bonchev–Trinajstić information content (AvgIpc) is 2.95. The van der Waals surface area contributed by atoms with Gasteiger partial charge >= 0.3 is 18.1 Å². The van der Waals surface area contributed by atoms with Crippen molar-refractivity contribution in [3.05, 3.63) is 58.1 Å². The van der Waals surface area contributed by atoms with E-state index in [4.69, 9.17) is 30.5 Å². The first-order chi connectivity index (χ1) is 21.1. The number of esters is 1. The van der Waals surface area contributed by atoms with Gasteiger partial charge in [-0.2, -0.15) is 13.2 Å². The molecule has 2 aromatic carbocycles. The number of nitrogens with two attached hydrogens (primary N) is 1. The molecule has 1 aliphatic rings. The molecule has 0 radical (unpaired) electrons. The van der Waals surface area contributed by atoms with Crippen LogP contribution in [-0.2, 0) is 23.9 Å². The topological polar surface area (TPSA) is 184 Å². The summed E-state index contributed by atoms with van der Waals surface area (Å²) in [5.41, 5.74) is 7.36. The number of carbonyl (C=O) groups excluding carboxylic acids is 3. The molecule has 2 aromatic rings. The molecule has 1 atom stereocenters. The number of rotatable bonds is 11. The maximum Gasteiger partial charge on any atom is 0.490 e. The van der Waals surface area contributed by atoms with Crippen molar-refractivity contribution in [2.45, 2.75) is 51.4 Å². The molecule has 0 aromatic heterocycles. The van der Waals surface area contributed by atoms with Crippen LogP contribution in [0.5, 0.6) is 5.75 Å². The minimum absolute atomic E-state index is 0.0462. The minimum Gasteiger partial charge on any atom is -0.489 e. The quantitative estimate of drug-likeness (QED) is 0.100. The van der Waals surface area contributed by atoms with Crippen LogP contribution in [0.15, 0.2) is 46.9 Å². The number of carboxylic acid groups (broad SMARTS) is 1. The highest BCUT2D eigenvalue weighted by atomic mass is 79.9. The number of nitrogen functional groups attached to an aromatic ring is 1. The molecule has 1 unspecified atom stereocenters. The molecule has 0 spiro atoms. The molecule has 1 fully saturated rings. The van der Waals surface area contributed by atoms with Crippen molar-refractivity contribution in [3.63, 3.8) is 0 Å². The zero-order valence-corrected chi connectivity index (χ0v) is 26.2. The van der Waals surface area contributed by atoms with Gasteiger partial charge in [-0.1, -0.05) is 6.07 Å². The van der Waals surface area contributed by atoms with E-state index in [2.05, 4.69) is 31.5 Å². The van der Waals surface area contributed by atoms with Gasteiger partial charge in [-0.3, -0.25) is 24.7 Å². The van der Waals surface area contributed by atoms with Gasteiger partial charge in [0.15, 0.2) is 0 Å². The molecule has 2 amide bonds. The molecule has 0 aliphatic carbocycles. The molecule has 45 heavy (non-hydrogen) atoms. The Labute approximate surface area is 266 Å². The maximum absolute atomic E-state index is 12.4. The predicted molar refractivity (Wildman–Crippen MR) is 162 cm³/mol. The lowest BCUT2D eigenvalue weighted by molar-refractivity contribution is -0.192. The number of alkyl halides is 3. The number of nitrogens with one attached hydrogen (secondary N) is 3. The van der Waals surface area contributed by atoms with E-state index in [1.807, 2.05) is 25.1 Å². The van der Waals surface area contributed by atoms with Gasteiger partial charge in [0.05, 0.1) is 23.7 Å². The first-order valence-corrected chi connectivity index (χ1v) is 14.6. The summed E-state index contributed by atoms with van der Waals surface area (Å²) in [6.45, 7) is 5.86. The van der Waals surface area contributed by atoms with Crippen molar-refractivity contribution in [1.29, 1.82) is 5.41 Å². The van der Waals surface area contributed by atoms with Crippen LogP contribution in [0.3, 0.4) is 0 Å². The highest BCUT2D eigenvalue weighted by Gasteiger charge is 2.38. The third-order valence-electron chi connectivity index (χ3n) is 6.36. The molecule has 1 aliphatic heterocycles. The smallest absolute Gasteiger partial charge is 0.489 e. The Kier molecular flexibility index (Phi) is 14.3. The molecule has 1 saturated heterocycles. The highest BCUT2D eigenvalue weighted by Crippen LogP contribution is 2.30. The largest absolute Gasteiger partial charge is 0.490 e. The van der Waals surface area contributed by atoms with Crippen LogP contribution in [0, 0.1) is 5.41 Å². The van der Waals surface area contributed by atoms with Gasteiger partial charge in [0.25, 0.3) is 0 Å². The number of hydrogen-bond acceptors (Lipinski definition) is 8. The van der Waals surface area contributed by atoms with E-state index < -0.39 is 24.0 Å². The average molecular weight is 703 g/mol. The first kappa shape index (κ1) is 37.0. The Balaban J connectivity index is 0.000000900. The number of nitrogens with zero attached hydrogens (tertiary/aromatic N) is 1. The van der Waals surface area contributed by atoms with Gasteiger partial charge in [0.2, 0.25) is 11.8 Å². The van der Waals surface area contributed by atoms with E-state index in [1.165, 1.54) is 0 Å². The first-order valence-electron chi connectivity index (χ1n) is 13.8. The van der Waals surface area contributed by atoms with Gasteiger partial charge in [0, 0.05) is 24.3 Å². The zero-order valence-electron chi connectivity index (χ0n) is 24.6. The van der Waals surface area contributed by atoms with Crippen molar-refractivity contribution in [2.24, 2.45) is 5.73 Å².